The molecule has 0 aliphatic carbocycles. The lowest BCUT2D eigenvalue weighted by atomic mass is 9.97. The van der Waals surface area contributed by atoms with E-state index in [0.717, 1.165) is 6.54 Å². The lowest BCUT2D eigenvalue weighted by Crippen LogP contribution is -2.38. The van der Waals surface area contributed by atoms with Gasteiger partial charge in [0.2, 0.25) is 5.91 Å². The third-order valence-electron chi connectivity index (χ3n) is 2.86. The summed E-state index contributed by atoms with van der Waals surface area (Å²) in [6, 6.07) is 0. The Morgan fingerprint density at radius 3 is 2.67 bits per heavy atom. The van der Waals surface area contributed by atoms with Crippen molar-refractivity contribution < 1.29 is 14.7 Å². The van der Waals surface area contributed by atoms with E-state index in [9.17, 15) is 9.59 Å². The first-order valence-electron chi connectivity index (χ1n) is 5.23. The molecule has 5 nitrogen and oxygen atoms in total. The summed E-state index contributed by atoms with van der Waals surface area (Å²) < 4.78 is 0. The van der Waals surface area contributed by atoms with E-state index in [4.69, 9.17) is 5.11 Å². The van der Waals surface area contributed by atoms with Crippen LogP contribution in [-0.4, -0.2) is 36.6 Å². The first-order chi connectivity index (χ1) is 7.02. The fourth-order valence-corrected chi connectivity index (χ4v) is 1.63. The second-order valence-corrected chi connectivity index (χ2v) is 4.23. The Labute approximate surface area is 89.2 Å². The first-order valence-corrected chi connectivity index (χ1v) is 5.23. The molecular weight excluding hydrogens is 196 g/mol. The van der Waals surface area contributed by atoms with Crippen LogP contribution in [0.4, 0.5) is 0 Å². The summed E-state index contributed by atoms with van der Waals surface area (Å²) in [7, 11) is 0. The Balaban J connectivity index is 2.32. The number of carbonyl (C=O) groups excluding carboxylic acids is 1. The molecule has 86 valence electrons. The van der Waals surface area contributed by atoms with Crippen LogP contribution >= 0.6 is 0 Å². The molecule has 0 spiro atoms. The lowest BCUT2D eigenvalue weighted by Gasteiger charge is -2.15. The van der Waals surface area contributed by atoms with Gasteiger partial charge in [0.1, 0.15) is 0 Å². The van der Waals surface area contributed by atoms with E-state index in [1.54, 1.807) is 6.92 Å². The zero-order valence-corrected chi connectivity index (χ0v) is 9.12. The average Bonchev–Trinajstić information content (AvgIpc) is 2.60. The molecule has 15 heavy (non-hydrogen) atoms. The summed E-state index contributed by atoms with van der Waals surface area (Å²) in [5.74, 6) is -1.15. The zero-order chi connectivity index (χ0) is 11.4. The van der Waals surface area contributed by atoms with Gasteiger partial charge in [-0.05, 0) is 12.5 Å². The maximum atomic E-state index is 11.6. The molecule has 1 saturated heterocycles. The molecule has 1 aliphatic heterocycles. The predicted molar refractivity (Wildman–Crippen MR) is 55.3 cm³/mol. The van der Waals surface area contributed by atoms with Crippen molar-refractivity contribution in [2.24, 2.45) is 17.8 Å². The normalized spacial score (nSPS) is 27.3. The molecule has 5 heteroatoms. The largest absolute Gasteiger partial charge is 0.481 e. The van der Waals surface area contributed by atoms with Gasteiger partial charge in [0.25, 0.3) is 0 Å². The van der Waals surface area contributed by atoms with Gasteiger partial charge in [-0.2, -0.15) is 0 Å². The van der Waals surface area contributed by atoms with Crippen molar-refractivity contribution in [1.82, 2.24) is 10.6 Å². The second kappa shape index (κ2) is 5.11. The smallest absolute Gasteiger partial charge is 0.308 e. The molecular formula is C10H18N2O3. The van der Waals surface area contributed by atoms with E-state index in [1.807, 2.05) is 6.92 Å². The van der Waals surface area contributed by atoms with E-state index in [2.05, 4.69) is 10.6 Å². The Hall–Kier alpha value is -1.10. The number of rotatable bonds is 4. The van der Waals surface area contributed by atoms with Crippen molar-refractivity contribution in [3.05, 3.63) is 0 Å². The monoisotopic (exact) mass is 214 g/mol. The minimum absolute atomic E-state index is 0.0222. The van der Waals surface area contributed by atoms with Crippen molar-refractivity contribution in [2.45, 2.75) is 13.8 Å². The van der Waals surface area contributed by atoms with Gasteiger partial charge in [0.05, 0.1) is 11.8 Å². The van der Waals surface area contributed by atoms with Gasteiger partial charge >= 0.3 is 5.97 Å². The minimum atomic E-state index is -0.882. The average molecular weight is 214 g/mol. The maximum Gasteiger partial charge on any atom is 0.308 e. The van der Waals surface area contributed by atoms with Gasteiger partial charge < -0.3 is 15.7 Å². The molecule has 0 aromatic carbocycles. The number of amides is 1. The van der Waals surface area contributed by atoms with E-state index >= 15 is 0 Å². The highest BCUT2D eigenvalue weighted by Gasteiger charge is 2.29. The van der Waals surface area contributed by atoms with Gasteiger partial charge in [-0.1, -0.05) is 13.8 Å². The first kappa shape index (κ1) is 12.0. The predicted octanol–water partition coefficient (Wildman–Crippen LogP) is -0.321. The molecule has 1 fully saturated rings. The van der Waals surface area contributed by atoms with E-state index in [-0.39, 0.29) is 18.4 Å². The highest BCUT2D eigenvalue weighted by Crippen LogP contribution is 2.15. The topological polar surface area (TPSA) is 78.4 Å². The van der Waals surface area contributed by atoms with Gasteiger partial charge in [-0.15, -0.1) is 0 Å². The van der Waals surface area contributed by atoms with Crippen LogP contribution < -0.4 is 10.6 Å². The quantitative estimate of drug-likeness (QED) is 0.599. The summed E-state index contributed by atoms with van der Waals surface area (Å²) in [5, 5.41) is 14.5. The SMILES string of the molecule is CC(CNC(=O)[C@@H]1CNC[C@H]1C)C(=O)O. The second-order valence-electron chi connectivity index (χ2n) is 4.23. The third kappa shape index (κ3) is 3.20. The van der Waals surface area contributed by atoms with Gasteiger partial charge in [-0.3, -0.25) is 9.59 Å². The molecule has 1 rings (SSSR count). The highest BCUT2D eigenvalue weighted by molar-refractivity contribution is 5.80. The maximum absolute atomic E-state index is 11.6. The summed E-state index contributed by atoms with van der Waals surface area (Å²) in [5.41, 5.74) is 0. The molecule has 1 amide bonds. The number of aliphatic carboxylic acids is 1. The van der Waals surface area contributed by atoms with Gasteiger partial charge in [0.15, 0.2) is 0 Å². The molecule has 1 unspecified atom stereocenters. The number of carbonyl (C=O) groups is 2. The molecule has 1 heterocycles. The summed E-state index contributed by atoms with van der Waals surface area (Å²) in [6.45, 7) is 5.35. The van der Waals surface area contributed by atoms with Crippen LogP contribution in [0.3, 0.4) is 0 Å². The molecule has 1 aliphatic rings. The number of nitrogens with one attached hydrogen (secondary N) is 2. The number of hydrogen-bond acceptors (Lipinski definition) is 3. The van der Waals surface area contributed by atoms with Crippen LogP contribution in [0.2, 0.25) is 0 Å². The highest BCUT2D eigenvalue weighted by atomic mass is 16.4. The van der Waals surface area contributed by atoms with Gasteiger partial charge in [0, 0.05) is 13.1 Å². The van der Waals surface area contributed by atoms with Crippen molar-refractivity contribution in [2.75, 3.05) is 19.6 Å². The third-order valence-corrected chi connectivity index (χ3v) is 2.86. The lowest BCUT2D eigenvalue weighted by molar-refractivity contribution is -0.141. The van der Waals surface area contributed by atoms with E-state index < -0.39 is 11.9 Å². The number of carboxylic acids is 1. The molecule has 0 bridgehead atoms. The summed E-state index contributed by atoms with van der Waals surface area (Å²) in [4.78, 5) is 22.2. The van der Waals surface area contributed by atoms with E-state index in [1.165, 1.54) is 0 Å². The molecule has 3 atom stereocenters. The Kier molecular flexibility index (Phi) is 4.08. The number of carboxylic acid groups (broad SMARTS) is 1. The fraction of sp³-hybridized carbons (Fsp3) is 0.800. The fourth-order valence-electron chi connectivity index (χ4n) is 1.63. The summed E-state index contributed by atoms with van der Waals surface area (Å²) >= 11 is 0. The molecule has 0 aromatic heterocycles. The van der Waals surface area contributed by atoms with E-state index in [0.29, 0.717) is 12.5 Å². The van der Waals surface area contributed by atoms with Crippen LogP contribution in [0.15, 0.2) is 0 Å². The molecule has 0 aromatic rings. The standard InChI is InChI=1S/C10H18N2O3/c1-6-3-11-5-8(6)9(13)12-4-7(2)10(14)15/h6-8,11H,3-5H2,1-2H3,(H,12,13)(H,14,15)/t6-,7?,8-/m1/s1. The van der Waals surface area contributed by atoms with Crippen molar-refractivity contribution in [1.29, 1.82) is 0 Å². The molecule has 0 radical (unpaired) electrons. The minimum Gasteiger partial charge on any atom is -0.481 e. The Morgan fingerprint density at radius 2 is 2.20 bits per heavy atom. The zero-order valence-electron chi connectivity index (χ0n) is 9.12. The van der Waals surface area contributed by atoms with Crippen molar-refractivity contribution >= 4 is 11.9 Å². The summed E-state index contributed by atoms with van der Waals surface area (Å²) in [6.07, 6.45) is 0. The van der Waals surface area contributed by atoms with Crippen LogP contribution in [0.25, 0.3) is 0 Å². The molecule has 3 N–H and O–H groups in total. The van der Waals surface area contributed by atoms with Crippen LogP contribution in [-0.2, 0) is 9.59 Å². The molecule has 0 saturated carbocycles. The Bertz CT molecular complexity index is 255. The van der Waals surface area contributed by atoms with Crippen LogP contribution in [0.5, 0.6) is 0 Å². The van der Waals surface area contributed by atoms with Gasteiger partial charge in [-0.25, -0.2) is 0 Å². The van der Waals surface area contributed by atoms with Crippen LogP contribution in [0.1, 0.15) is 13.8 Å². The van der Waals surface area contributed by atoms with Crippen LogP contribution in [0, 0.1) is 17.8 Å². The Morgan fingerprint density at radius 1 is 1.53 bits per heavy atom. The number of hydrogen-bond donors (Lipinski definition) is 3. The van der Waals surface area contributed by atoms with Crippen molar-refractivity contribution in [3.63, 3.8) is 0 Å². The van der Waals surface area contributed by atoms with Crippen molar-refractivity contribution in [3.8, 4) is 0 Å².